The highest BCUT2D eigenvalue weighted by atomic mass is 15.2. The van der Waals surface area contributed by atoms with E-state index < -0.39 is 0 Å². The summed E-state index contributed by atoms with van der Waals surface area (Å²) in [7, 11) is 1.79. The molecule has 3 heteroatoms. The zero-order chi connectivity index (χ0) is 6.53. The molecule has 1 heterocycles. The quantitative estimate of drug-likeness (QED) is 0.478. The molecule has 1 saturated heterocycles. The van der Waals surface area contributed by atoms with Gasteiger partial charge in [0.1, 0.15) is 0 Å². The van der Waals surface area contributed by atoms with E-state index in [1.807, 2.05) is 0 Å². The van der Waals surface area contributed by atoms with Crippen LogP contribution in [0.15, 0.2) is 4.99 Å². The van der Waals surface area contributed by atoms with Crippen molar-refractivity contribution in [1.29, 1.82) is 0 Å². The zero-order valence-corrected chi connectivity index (χ0v) is 5.78. The topological polar surface area (TPSA) is 36.4 Å². The van der Waals surface area contributed by atoms with E-state index in [4.69, 9.17) is 0 Å². The van der Waals surface area contributed by atoms with Gasteiger partial charge in [-0.15, -0.1) is 0 Å². The van der Waals surface area contributed by atoms with Gasteiger partial charge in [-0.3, -0.25) is 4.99 Å². The minimum absolute atomic E-state index is 0.938. The zero-order valence-electron chi connectivity index (χ0n) is 5.78. The number of nitrogens with one attached hydrogen (secondary N) is 2. The van der Waals surface area contributed by atoms with Gasteiger partial charge in [0.15, 0.2) is 5.96 Å². The highest BCUT2D eigenvalue weighted by molar-refractivity contribution is 5.79. The second-order valence-corrected chi connectivity index (χ2v) is 2.13. The first-order chi connectivity index (χ1) is 4.43. The Bertz CT molecular complexity index is 98.9. The van der Waals surface area contributed by atoms with E-state index in [1.54, 1.807) is 7.05 Å². The van der Waals surface area contributed by atoms with Crippen molar-refractivity contribution in [1.82, 2.24) is 10.6 Å². The lowest BCUT2D eigenvalue weighted by atomic mass is 10.3. The molecule has 0 bridgehead atoms. The Morgan fingerprint density at radius 2 is 1.78 bits per heavy atom. The van der Waals surface area contributed by atoms with Gasteiger partial charge in [0.25, 0.3) is 0 Å². The molecule has 0 saturated carbocycles. The largest absolute Gasteiger partial charge is 0.356 e. The smallest absolute Gasteiger partial charge is 0.190 e. The molecule has 0 spiro atoms. The first-order valence-corrected chi connectivity index (χ1v) is 3.38. The molecule has 1 rings (SSSR count). The molecule has 0 aromatic rings. The van der Waals surface area contributed by atoms with E-state index in [0.717, 1.165) is 19.0 Å². The Hall–Kier alpha value is -0.730. The Balaban J connectivity index is 2.36. The Morgan fingerprint density at radius 3 is 2.22 bits per heavy atom. The highest BCUT2D eigenvalue weighted by Crippen LogP contribution is 1.88. The van der Waals surface area contributed by atoms with Crippen LogP contribution in [0.25, 0.3) is 0 Å². The maximum atomic E-state index is 4.00. The molecule has 3 nitrogen and oxygen atoms in total. The van der Waals surface area contributed by atoms with Gasteiger partial charge in [0.05, 0.1) is 0 Å². The molecule has 9 heavy (non-hydrogen) atoms. The maximum absolute atomic E-state index is 4.00. The molecule has 0 amide bonds. The van der Waals surface area contributed by atoms with E-state index in [1.165, 1.54) is 12.8 Å². The van der Waals surface area contributed by atoms with Crippen LogP contribution in [0.2, 0.25) is 0 Å². The second-order valence-electron chi connectivity index (χ2n) is 2.13. The molecule has 0 unspecified atom stereocenters. The summed E-state index contributed by atoms with van der Waals surface area (Å²) in [6.45, 7) is 2.11. The number of hydrogen-bond acceptors (Lipinski definition) is 1. The lowest BCUT2D eigenvalue weighted by Gasteiger charge is -2.03. The van der Waals surface area contributed by atoms with Crippen LogP contribution < -0.4 is 10.6 Å². The van der Waals surface area contributed by atoms with E-state index in [9.17, 15) is 0 Å². The Labute approximate surface area is 55.6 Å². The predicted molar refractivity (Wildman–Crippen MR) is 38.6 cm³/mol. The summed E-state index contributed by atoms with van der Waals surface area (Å²) in [5.41, 5.74) is 0. The van der Waals surface area contributed by atoms with Gasteiger partial charge in [-0.25, -0.2) is 0 Å². The van der Waals surface area contributed by atoms with Gasteiger partial charge in [-0.2, -0.15) is 0 Å². The van der Waals surface area contributed by atoms with Crippen LogP contribution in [-0.4, -0.2) is 26.1 Å². The Morgan fingerprint density at radius 1 is 1.22 bits per heavy atom. The molecular weight excluding hydrogens is 114 g/mol. The number of guanidine groups is 1. The fourth-order valence-corrected chi connectivity index (χ4v) is 0.884. The number of aliphatic imine (C=N–C) groups is 1. The third-order valence-electron chi connectivity index (χ3n) is 1.41. The summed E-state index contributed by atoms with van der Waals surface area (Å²) >= 11 is 0. The van der Waals surface area contributed by atoms with Crippen LogP contribution in [0.3, 0.4) is 0 Å². The summed E-state index contributed by atoms with van der Waals surface area (Å²) in [6.07, 6.45) is 2.48. The molecule has 1 fully saturated rings. The van der Waals surface area contributed by atoms with Crippen molar-refractivity contribution in [2.45, 2.75) is 12.8 Å². The van der Waals surface area contributed by atoms with Gasteiger partial charge in [-0.05, 0) is 12.8 Å². The SMILES string of the molecule is CN=C1NCCCCN1. The van der Waals surface area contributed by atoms with Crippen molar-refractivity contribution in [2.75, 3.05) is 20.1 Å². The molecule has 0 aliphatic carbocycles. The summed E-state index contributed by atoms with van der Waals surface area (Å²) < 4.78 is 0. The van der Waals surface area contributed by atoms with E-state index in [-0.39, 0.29) is 0 Å². The minimum atomic E-state index is 0.938. The standard InChI is InChI=1S/C6H13N3/c1-7-6-8-4-2-3-5-9-6/h2-5H2,1H3,(H2,7,8,9). The first kappa shape index (κ1) is 6.39. The minimum Gasteiger partial charge on any atom is -0.356 e. The summed E-state index contributed by atoms with van der Waals surface area (Å²) in [4.78, 5) is 4.00. The normalized spacial score (nSPS) is 19.4. The maximum Gasteiger partial charge on any atom is 0.190 e. The fourth-order valence-electron chi connectivity index (χ4n) is 0.884. The summed E-state index contributed by atoms with van der Waals surface area (Å²) in [6, 6.07) is 0. The molecule has 0 aromatic heterocycles. The number of hydrogen-bond donors (Lipinski definition) is 2. The van der Waals surface area contributed by atoms with Crippen molar-refractivity contribution in [3.63, 3.8) is 0 Å². The van der Waals surface area contributed by atoms with Gasteiger partial charge in [-0.1, -0.05) is 0 Å². The van der Waals surface area contributed by atoms with Crippen molar-refractivity contribution in [2.24, 2.45) is 4.99 Å². The number of nitrogens with zero attached hydrogens (tertiary/aromatic N) is 1. The summed E-state index contributed by atoms with van der Waals surface area (Å²) in [5, 5.41) is 6.34. The van der Waals surface area contributed by atoms with Gasteiger partial charge in [0, 0.05) is 20.1 Å². The molecule has 52 valence electrons. The molecular formula is C6H13N3. The third-order valence-corrected chi connectivity index (χ3v) is 1.41. The molecule has 2 N–H and O–H groups in total. The lowest BCUT2D eigenvalue weighted by molar-refractivity contribution is 0.742. The van der Waals surface area contributed by atoms with Crippen LogP contribution >= 0.6 is 0 Å². The van der Waals surface area contributed by atoms with Crippen LogP contribution in [0.4, 0.5) is 0 Å². The second kappa shape index (κ2) is 3.33. The molecule has 1 aliphatic rings. The van der Waals surface area contributed by atoms with Crippen LogP contribution in [0.5, 0.6) is 0 Å². The van der Waals surface area contributed by atoms with Gasteiger partial charge < -0.3 is 10.6 Å². The lowest BCUT2D eigenvalue weighted by Crippen LogP contribution is -2.34. The molecule has 0 radical (unpaired) electrons. The van der Waals surface area contributed by atoms with Crippen molar-refractivity contribution in [3.05, 3.63) is 0 Å². The van der Waals surface area contributed by atoms with Crippen molar-refractivity contribution in [3.8, 4) is 0 Å². The fraction of sp³-hybridized carbons (Fsp3) is 0.833. The number of rotatable bonds is 0. The highest BCUT2D eigenvalue weighted by Gasteiger charge is 1.99. The van der Waals surface area contributed by atoms with Crippen LogP contribution in [0, 0.1) is 0 Å². The monoisotopic (exact) mass is 127 g/mol. The average Bonchev–Trinajstić information content (AvgIpc) is 2.13. The first-order valence-electron chi connectivity index (χ1n) is 3.38. The summed E-state index contributed by atoms with van der Waals surface area (Å²) in [5.74, 6) is 0.938. The molecule has 0 aromatic carbocycles. The molecule has 1 aliphatic heterocycles. The van der Waals surface area contributed by atoms with Crippen molar-refractivity contribution >= 4 is 5.96 Å². The third kappa shape index (κ3) is 1.91. The Kier molecular flexibility index (Phi) is 2.36. The predicted octanol–water partition coefficient (Wildman–Crippen LogP) is -0.0548. The van der Waals surface area contributed by atoms with Crippen LogP contribution in [0.1, 0.15) is 12.8 Å². The van der Waals surface area contributed by atoms with E-state index in [0.29, 0.717) is 0 Å². The van der Waals surface area contributed by atoms with E-state index in [2.05, 4.69) is 15.6 Å². The average molecular weight is 127 g/mol. The van der Waals surface area contributed by atoms with Gasteiger partial charge >= 0.3 is 0 Å². The van der Waals surface area contributed by atoms with Crippen LogP contribution in [-0.2, 0) is 0 Å². The van der Waals surface area contributed by atoms with E-state index >= 15 is 0 Å². The van der Waals surface area contributed by atoms with Gasteiger partial charge in [0.2, 0.25) is 0 Å². The van der Waals surface area contributed by atoms with Crippen molar-refractivity contribution < 1.29 is 0 Å². The molecule has 0 atom stereocenters.